The molecule has 0 unspecified atom stereocenters. The van der Waals surface area contributed by atoms with Crippen molar-refractivity contribution in [1.29, 1.82) is 0 Å². The van der Waals surface area contributed by atoms with Crippen molar-refractivity contribution < 1.29 is 17.9 Å². The van der Waals surface area contributed by atoms with Crippen molar-refractivity contribution in [3.05, 3.63) is 52.6 Å². The average Bonchev–Trinajstić information content (AvgIpc) is 3.32. The average molecular weight is 388 g/mol. The van der Waals surface area contributed by atoms with E-state index >= 15 is 0 Å². The van der Waals surface area contributed by atoms with Crippen molar-refractivity contribution in [2.45, 2.75) is 37.5 Å². The number of hydrogen-bond donors (Lipinski definition) is 0. The van der Waals surface area contributed by atoms with E-state index in [1.165, 1.54) is 18.2 Å². The van der Waals surface area contributed by atoms with E-state index in [1.54, 1.807) is 16.4 Å². The number of ether oxygens (including phenoxy) is 2. The van der Waals surface area contributed by atoms with Crippen LogP contribution >= 0.6 is 0 Å². The third kappa shape index (κ3) is 3.21. The molecule has 2 heterocycles. The standard InChI is InChI=1S/C21H25NO4S/c1-14-10-20(25-3)21(11-15(14)2)27(23,24)22-8-6-18(13-22)16-4-5-19-17(12-16)7-9-26-19/h4-5,10-12,18H,6-9,13H2,1-3H3/t18-/m1/s1. The molecule has 5 nitrogen and oxygen atoms in total. The maximum Gasteiger partial charge on any atom is 0.246 e. The number of benzene rings is 2. The van der Waals surface area contributed by atoms with E-state index in [-0.39, 0.29) is 10.8 Å². The lowest BCUT2D eigenvalue weighted by Crippen LogP contribution is -2.29. The van der Waals surface area contributed by atoms with E-state index in [2.05, 4.69) is 12.1 Å². The summed E-state index contributed by atoms with van der Waals surface area (Å²) in [6, 6.07) is 9.79. The summed E-state index contributed by atoms with van der Waals surface area (Å²) in [4.78, 5) is 0.260. The number of hydrogen-bond acceptors (Lipinski definition) is 4. The molecule has 0 saturated carbocycles. The van der Waals surface area contributed by atoms with Crippen LogP contribution in [0.15, 0.2) is 35.2 Å². The second kappa shape index (κ2) is 6.84. The third-order valence-electron chi connectivity index (χ3n) is 5.73. The first-order valence-corrected chi connectivity index (χ1v) is 10.7. The van der Waals surface area contributed by atoms with Gasteiger partial charge < -0.3 is 9.47 Å². The smallest absolute Gasteiger partial charge is 0.246 e. The first-order valence-electron chi connectivity index (χ1n) is 9.31. The van der Waals surface area contributed by atoms with Crippen LogP contribution in [0.3, 0.4) is 0 Å². The van der Waals surface area contributed by atoms with E-state index in [0.717, 1.165) is 36.3 Å². The number of rotatable bonds is 4. The minimum Gasteiger partial charge on any atom is -0.495 e. The summed E-state index contributed by atoms with van der Waals surface area (Å²) in [7, 11) is -2.07. The van der Waals surface area contributed by atoms with Crippen LogP contribution in [0.4, 0.5) is 0 Å². The molecule has 2 aromatic carbocycles. The Balaban J connectivity index is 1.61. The van der Waals surface area contributed by atoms with Crippen LogP contribution in [0, 0.1) is 13.8 Å². The lowest BCUT2D eigenvalue weighted by atomic mass is 9.96. The maximum atomic E-state index is 13.3. The number of nitrogens with zero attached hydrogens (tertiary/aromatic N) is 1. The molecule has 1 saturated heterocycles. The summed E-state index contributed by atoms with van der Waals surface area (Å²) in [6.07, 6.45) is 1.75. The van der Waals surface area contributed by atoms with Gasteiger partial charge in [-0.2, -0.15) is 4.31 Å². The number of aryl methyl sites for hydroxylation is 2. The van der Waals surface area contributed by atoms with Crippen LogP contribution in [-0.4, -0.2) is 39.5 Å². The second-order valence-corrected chi connectivity index (χ2v) is 9.31. The van der Waals surface area contributed by atoms with Crippen molar-refractivity contribution in [3.63, 3.8) is 0 Å². The molecule has 0 spiro atoms. The predicted octanol–water partition coefficient (Wildman–Crippen LogP) is 3.43. The molecule has 27 heavy (non-hydrogen) atoms. The lowest BCUT2D eigenvalue weighted by molar-refractivity contribution is 0.357. The fraction of sp³-hybridized carbons (Fsp3) is 0.429. The van der Waals surface area contributed by atoms with Crippen LogP contribution in [0.2, 0.25) is 0 Å². The first kappa shape index (κ1) is 18.3. The normalized spacial score (nSPS) is 19.7. The van der Waals surface area contributed by atoms with Crippen LogP contribution in [0.5, 0.6) is 11.5 Å². The van der Waals surface area contributed by atoms with Crippen molar-refractivity contribution in [2.24, 2.45) is 0 Å². The highest BCUT2D eigenvalue weighted by molar-refractivity contribution is 7.89. The van der Waals surface area contributed by atoms with Crippen molar-refractivity contribution in [1.82, 2.24) is 4.31 Å². The Labute approximate surface area is 161 Å². The molecule has 0 amide bonds. The highest BCUT2D eigenvalue weighted by atomic mass is 32.2. The molecule has 0 bridgehead atoms. The summed E-state index contributed by atoms with van der Waals surface area (Å²) in [5.41, 5.74) is 4.39. The van der Waals surface area contributed by atoms with Gasteiger partial charge in [0, 0.05) is 19.5 Å². The van der Waals surface area contributed by atoms with Gasteiger partial charge in [0.2, 0.25) is 10.0 Å². The van der Waals surface area contributed by atoms with Gasteiger partial charge in [0.05, 0.1) is 13.7 Å². The van der Waals surface area contributed by atoms with Crippen LogP contribution in [0.1, 0.15) is 34.6 Å². The maximum absolute atomic E-state index is 13.3. The zero-order valence-electron chi connectivity index (χ0n) is 16.0. The van der Waals surface area contributed by atoms with Gasteiger partial charge in [-0.15, -0.1) is 0 Å². The highest BCUT2D eigenvalue weighted by Gasteiger charge is 2.35. The van der Waals surface area contributed by atoms with Crippen LogP contribution in [0.25, 0.3) is 0 Å². The van der Waals surface area contributed by atoms with E-state index in [9.17, 15) is 8.42 Å². The topological polar surface area (TPSA) is 55.8 Å². The number of methoxy groups -OCH3 is 1. The van der Waals surface area contributed by atoms with Gasteiger partial charge in [-0.3, -0.25) is 0 Å². The predicted molar refractivity (Wildman–Crippen MR) is 104 cm³/mol. The second-order valence-electron chi connectivity index (χ2n) is 7.40. The van der Waals surface area contributed by atoms with Gasteiger partial charge >= 0.3 is 0 Å². The van der Waals surface area contributed by atoms with Gasteiger partial charge in [-0.05, 0) is 66.6 Å². The Hall–Kier alpha value is -2.05. The molecule has 2 aromatic rings. The van der Waals surface area contributed by atoms with Crippen LogP contribution in [-0.2, 0) is 16.4 Å². The largest absolute Gasteiger partial charge is 0.495 e. The lowest BCUT2D eigenvalue weighted by Gasteiger charge is -2.20. The SMILES string of the molecule is COc1cc(C)c(C)cc1S(=O)(=O)N1CC[C@@H](c2ccc3c(c2)CCO3)C1. The fourth-order valence-electron chi connectivity index (χ4n) is 3.94. The van der Waals surface area contributed by atoms with Gasteiger partial charge in [0.1, 0.15) is 16.4 Å². The minimum atomic E-state index is -3.59. The molecule has 0 N–H and O–H groups in total. The molecule has 144 valence electrons. The summed E-state index contributed by atoms with van der Waals surface area (Å²) in [5.74, 6) is 1.58. The molecule has 1 atom stereocenters. The summed E-state index contributed by atoms with van der Waals surface area (Å²) in [5, 5.41) is 0. The van der Waals surface area contributed by atoms with E-state index in [0.29, 0.717) is 18.8 Å². The Bertz CT molecular complexity index is 984. The van der Waals surface area contributed by atoms with Crippen LogP contribution < -0.4 is 9.47 Å². The highest BCUT2D eigenvalue weighted by Crippen LogP contribution is 2.37. The fourth-order valence-corrected chi connectivity index (χ4v) is 5.66. The van der Waals surface area contributed by atoms with E-state index < -0.39 is 10.0 Å². The zero-order valence-corrected chi connectivity index (χ0v) is 16.8. The Morgan fingerprint density at radius 3 is 2.70 bits per heavy atom. The van der Waals surface area contributed by atoms with Crippen molar-refractivity contribution >= 4 is 10.0 Å². The zero-order chi connectivity index (χ0) is 19.2. The van der Waals surface area contributed by atoms with E-state index in [1.807, 2.05) is 19.9 Å². The molecule has 4 rings (SSSR count). The monoisotopic (exact) mass is 387 g/mol. The molecule has 0 aliphatic carbocycles. The first-order chi connectivity index (χ1) is 12.9. The molecular formula is C21H25NO4S. The van der Waals surface area contributed by atoms with Gasteiger partial charge in [-0.1, -0.05) is 12.1 Å². The van der Waals surface area contributed by atoms with Crippen molar-refractivity contribution in [2.75, 3.05) is 26.8 Å². The summed E-state index contributed by atoms with van der Waals surface area (Å²) in [6.45, 7) is 5.64. The van der Waals surface area contributed by atoms with Gasteiger partial charge in [0.25, 0.3) is 0 Å². The number of fused-ring (bicyclic) bond motifs is 1. The quantitative estimate of drug-likeness (QED) is 0.807. The molecular weight excluding hydrogens is 362 g/mol. The Morgan fingerprint density at radius 1 is 1.15 bits per heavy atom. The summed E-state index contributed by atoms with van der Waals surface area (Å²) >= 11 is 0. The van der Waals surface area contributed by atoms with Gasteiger partial charge in [0.15, 0.2) is 0 Å². The third-order valence-corrected chi connectivity index (χ3v) is 7.62. The number of sulfonamides is 1. The summed E-state index contributed by atoms with van der Waals surface area (Å²) < 4.78 is 39.1. The Kier molecular flexibility index (Phi) is 4.64. The van der Waals surface area contributed by atoms with Crippen molar-refractivity contribution in [3.8, 4) is 11.5 Å². The molecule has 2 aliphatic heterocycles. The minimum absolute atomic E-state index is 0.211. The molecule has 2 aliphatic rings. The Morgan fingerprint density at radius 2 is 1.93 bits per heavy atom. The van der Waals surface area contributed by atoms with E-state index in [4.69, 9.17) is 9.47 Å². The molecule has 6 heteroatoms. The molecule has 0 radical (unpaired) electrons. The molecule has 0 aromatic heterocycles. The van der Waals surface area contributed by atoms with Gasteiger partial charge in [-0.25, -0.2) is 8.42 Å². The molecule has 1 fully saturated rings.